The third-order valence-electron chi connectivity index (χ3n) is 4.57. The maximum Gasteiger partial charge on any atom is 0.279 e. The molecule has 3 aliphatic rings. The van der Waals surface area contributed by atoms with Crippen LogP contribution in [-0.4, -0.2) is 43.8 Å². The van der Waals surface area contributed by atoms with Gasteiger partial charge in [-0.3, -0.25) is 9.69 Å². The minimum atomic E-state index is -0.197. The summed E-state index contributed by atoms with van der Waals surface area (Å²) in [5.41, 5.74) is 1.90. The second-order valence-corrected chi connectivity index (χ2v) is 6.43. The summed E-state index contributed by atoms with van der Waals surface area (Å²) in [7, 11) is 1.67. The number of carbonyl (C=O) groups is 1. The number of aliphatic imine (C=N–C) groups is 1. The maximum absolute atomic E-state index is 12.6. The van der Waals surface area contributed by atoms with Crippen molar-refractivity contribution in [1.82, 2.24) is 4.90 Å². The van der Waals surface area contributed by atoms with Gasteiger partial charge in [0.1, 0.15) is 18.9 Å². The lowest BCUT2D eigenvalue weighted by molar-refractivity contribution is -0.121. The van der Waals surface area contributed by atoms with E-state index in [0.717, 1.165) is 11.3 Å². The number of hydrogen-bond donors (Lipinski definition) is 1. The molecule has 1 amide bonds. The Kier molecular flexibility index (Phi) is 3.82. The van der Waals surface area contributed by atoms with Gasteiger partial charge in [0, 0.05) is 18.8 Å². The highest BCUT2D eigenvalue weighted by Crippen LogP contribution is 2.34. The molecule has 0 spiro atoms. The van der Waals surface area contributed by atoms with Gasteiger partial charge in [0.2, 0.25) is 12.8 Å². The van der Waals surface area contributed by atoms with Crippen LogP contribution in [0.5, 0.6) is 23.0 Å². The Morgan fingerprint density at radius 3 is 2.57 bits per heavy atom. The fraction of sp³-hybridized carbons (Fsp3) is 0.200. The fourth-order valence-electron chi connectivity index (χ4n) is 3.12. The highest BCUT2D eigenvalue weighted by molar-refractivity contribution is 6.17. The standard InChI is InChI=1S/C20H17N3O5/c1-23-19(24)14(8-12-2-4-16-17(9-12)28-11-27-16)22-20(23)21-13-3-5-15-18(10-13)26-7-6-25-15/h2-5,8-10H,6-7,11H2,1H3,(H,21,22)/b14-8-. The van der Waals surface area contributed by atoms with E-state index in [1.165, 1.54) is 4.90 Å². The Labute approximate surface area is 161 Å². The lowest BCUT2D eigenvalue weighted by atomic mass is 10.1. The van der Waals surface area contributed by atoms with E-state index in [9.17, 15) is 4.79 Å². The summed E-state index contributed by atoms with van der Waals surface area (Å²) in [6.45, 7) is 1.26. The summed E-state index contributed by atoms with van der Waals surface area (Å²) in [5, 5.41) is 3.16. The zero-order valence-electron chi connectivity index (χ0n) is 15.1. The first kappa shape index (κ1) is 16.5. The molecule has 0 saturated carbocycles. The van der Waals surface area contributed by atoms with Crippen LogP contribution >= 0.6 is 0 Å². The Hall–Kier alpha value is -3.68. The normalized spacial score (nSPS) is 18.5. The molecule has 8 heteroatoms. The van der Waals surface area contributed by atoms with Gasteiger partial charge in [-0.25, -0.2) is 4.99 Å². The predicted molar refractivity (Wildman–Crippen MR) is 102 cm³/mol. The van der Waals surface area contributed by atoms with Crippen LogP contribution in [-0.2, 0) is 4.79 Å². The molecule has 1 N–H and O–H groups in total. The van der Waals surface area contributed by atoms with E-state index < -0.39 is 0 Å². The molecule has 5 rings (SSSR count). The zero-order valence-corrected chi connectivity index (χ0v) is 15.1. The molecule has 0 radical (unpaired) electrons. The number of likely N-dealkylation sites (N-methyl/N-ethyl adjacent to an activating group) is 1. The minimum absolute atomic E-state index is 0.197. The third kappa shape index (κ3) is 2.88. The number of nitrogens with one attached hydrogen (secondary N) is 1. The second-order valence-electron chi connectivity index (χ2n) is 6.43. The van der Waals surface area contributed by atoms with Crippen molar-refractivity contribution in [3.63, 3.8) is 0 Å². The first-order valence-corrected chi connectivity index (χ1v) is 8.82. The van der Waals surface area contributed by atoms with Crippen LogP contribution in [0.1, 0.15) is 5.56 Å². The van der Waals surface area contributed by atoms with Crippen LogP contribution in [0.2, 0.25) is 0 Å². The largest absolute Gasteiger partial charge is 0.486 e. The van der Waals surface area contributed by atoms with Crippen LogP contribution in [0, 0.1) is 0 Å². The average Bonchev–Trinajstić information content (AvgIpc) is 3.28. The number of hydrogen-bond acceptors (Lipinski definition) is 7. The van der Waals surface area contributed by atoms with Crippen molar-refractivity contribution < 1.29 is 23.7 Å². The van der Waals surface area contributed by atoms with Crippen LogP contribution in [0.15, 0.2) is 47.1 Å². The number of amides is 1. The number of anilines is 1. The molecule has 28 heavy (non-hydrogen) atoms. The molecule has 0 aliphatic carbocycles. The SMILES string of the molecule is CN1C(=O)/C(=C/c2ccc3c(c2)OCO3)N=C1Nc1ccc2c(c1)OCCO2. The molecule has 2 aromatic carbocycles. The first-order valence-electron chi connectivity index (χ1n) is 8.82. The number of nitrogens with zero attached hydrogens (tertiary/aromatic N) is 2. The van der Waals surface area contributed by atoms with Crippen molar-refractivity contribution in [1.29, 1.82) is 0 Å². The Balaban J connectivity index is 1.40. The van der Waals surface area contributed by atoms with E-state index in [-0.39, 0.29) is 12.7 Å². The quantitative estimate of drug-likeness (QED) is 0.808. The van der Waals surface area contributed by atoms with Gasteiger partial charge in [-0.2, -0.15) is 0 Å². The van der Waals surface area contributed by atoms with E-state index in [0.29, 0.717) is 47.9 Å². The zero-order chi connectivity index (χ0) is 19.1. The number of fused-ring (bicyclic) bond motifs is 2. The van der Waals surface area contributed by atoms with E-state index in [4.69, 9.17) is 18.9 Å². The van der Waals surface area contributed by atoms with Gasteiger partial charge in [-0.1, -0.05) is 6.07 Å². The van der Waals surface area contributed by atoms with Crippen LogP contribution in [0.25, 0.3) is 6.08 Å². The summed E-state index contributed by atoms with van der Waals surface area (Å²) in [4.78, 5) is 18.5. The monoisotopic (exact) mass is 379 g/mol. The fourth-order valence-corrected chi connectivity index (χ4v) is 3.12. The van der Waals surface area contributed by atoms with Gasteiger partial charge < -0.3 is 24.3 Å². The Morgan fingerprint density at radius 2 is 1.68 bits per heavy atom. The molecule has 0 aromatic heterocycles. The number of ether oxygens (including phenoxy) is 4. The molecule has 0 fully saturated rings. The molecule has 0 bridgehead atoms. The van der Waals surface area contributed by atoms with Crippen molar-refractivity contribution >= 4 is 23.6 Å². The summed E-state index contributed by atoms with van der Waals surface area (Å²) in [5.74, 6) is 2.97. The Bertz CT molecular complexity index is 1030. The predicted octanol–water partition coefficient (Wildman–Crippen LogP) is 2.47. The smallest absolute Gasteiger partial charge is 0.279 e. The van der Waals surface area contributed by atoms with Crippen molar-refractivity contribution in [2.45, 2.75) is 0 Å². The molecule has 2 aromatic rings. The summed E-state index contributed by atoms with van der Waals surface area (Å²) < 4.78 is 21.8. The summed E-state index contributed by atoms with van der Waals surface area (Å²) in [6, 6.07) is 11.0. The van der Waals surface area contributed by atoms with Crippen molar-refractivity contribution in [3.05, 3.63) is 47.7 Å². The van der Waals surface area contributed by atoms with Gasteiger partial charge in [0.05, 0.1) is 0 Å². The number of carbonyl (C=O) groups excluding carboxylic acids is 1. The van der Waals surface area contributed by atoms with E-state index >= 15 is 0 Å². The van der Waals surface area contributed by atoms with E-state index in [2.05, 4.69) is 10.3 Å². The molecular weight excluding hydrogens is 362 g/mol. The van der Waals surface area contributed by atoms with Crippen molar-refractivity contribution in [2.24, 2.45) is 4.99 Å². The third-order valence-corrected chi connectivity index (χ3v) is 4.57. The lowest BCUT2D eigenvalue weighted by Gasteiger charge is -2.20. The van der Waals surface area contributed by atoms with E-state index in [1.807, 2.05) is 36.4 Å². The summed E-state index contributed by atoms with van der Waals surface area (Å²) >= 11 is 0. The molecule has 3 heterocycles. The molecule has 0 saturated heterocycles. The average molecular weight is 379 g/mol. The van der Waals surface area contributed by atoms with Gasteiger partial charge in [0.25, 0.3) is 5.91 Å². The highest BCUT2D eigenvalue weighted by atomic mass is 16.7. The summed E-state index contributed by atoms with van der Waals surface area (Å²) in [6.07, 6.45) is 1.72. The van der Waals surface area contributed by atoms with Gasteiger partial charge >= 0.3 is 0 Å². The van der Waals surface area contributed by atoms with Crippen LogP contribution in [0.3, 0.4) is 0 Å². The molecule has 3 aliphatic heterocycles. The topological polar surface area (TPSA) is 81.6 Å². The lowest BCUT2D eigenvalue weighted by Crippen LogP contribution is -2.32. The minimum Gasteiger partial charge on any atom is -0.486 e. The molecule has 0 unspecified atom stereocenters. The van der Waals surface area contributed by atoms with Crippen LogP contribution < -0.4 is 24.3 Å². The van der Waals surface area contributed by atoms with Gasteiger partial charge in [0.15, 0.2) is 23.0 Å². The maximum atomic E-state index is 12.6. The van der Waals surface area contributed by atoms with Gasteiger partial charge in [-0.05, 0) is 35.9 Å². The second kappa shape index (κ2) is 6.49. The Morgan fingerprint density at radius 1 is 0.964 bits per heavy atom. The molecular formula is C20H17N3O5. The van der Waals surface area contributed by atoms with Gasteiger partial charge in [-0.15, -0.1) is 0 Å². The van der Waals surface area contributed by atoms with Crippen molar-refractivity contribution in [2.75, 3.05) is 32.4 Å². The number of guanidine groups is 1. The van der Waals surface area contributed by atoms with Crippen molar-refractivity contribution in [3.8, 4) is 23.0 Å². The highest BCUT2D eigenvalue weighted by Gasteiger charge is 2.27. The molecule has 8 nitrogen and oxygen atoms in total. The number of benzene rings is 2. The first-order chi connectivity index (χ1) is 13.7. The van der Waals surface area contributed by atoms with E-state index in [1.54, 1.807) is 13.1 Å². The number of rotatable bonds is 2. The molecule has 142 valence electrons. The molecule has 0 atom stereocenters. The van der Waals surface area contributed by atoms with Crippen LogP contribution in [0.4, 0.5) is 5.69 Å².